The number of sulfonamides is 1. The van der Waals surface area contributed by atoms with E-state index in [1.807, 2.05) is 0 Å². The summed E-state index contributed by atoms with van der Waals surface area (Å²) >= 11 is 4.36. The van der Waals surface area contributed by atoms with Crippen molar-refractivity contribution in [1.29, 1.82) is 0 Å². The molecule has 0 fully saturated rings. The molecule has 0 aliphatic heterocycles. The summed E-state index contributed by atoms with van der Waals surface area (Å²) in [5.74, 6) is 0.365. The summed E-state index contributed by atoms with van der Waals surface area (Å²) in [5, 5.41) is 1.69. The third kappa shape index (κ3) is 1.95. The van der Waals surface area contributed by atoms with Crippen molar-refractivity contribution in [3.8, 4) is 5.75 Å². The highest BCUT2D eigenvalue weighted by Crippen LogP contribution is 2.38. The lowest BCUT2D eigenvalue weighted by molar-refractivity contribution is 0.402. The fourth-order valence-electron chi connectivity index (χ4n) is 0.834. The van der Waals surface area contributed by atoms with E-state index in [1.165, 1.54) is 21.2 Å². The molecule has 0 aliphatic carbocycles. The first kappa shape index (κ1) is 12.0. The van der Waals surface area contributed by atoms with E-state index in [-0.39, 0.29) is 4.21 Å². The van der Waals surface area contributed by atoms with Gasteiger partial charge in [0.25, 0.3) is 10.0 Å². The summed E-state index contributed by atoms with van der Waals surface area (Å²) in [6, 6.07) is 0. The van der Waals surface area contributed by atoms with Crippen LogP contribution in [0.3, 0.4) is 0 Å². The van der Waals surface area contributed by atoms with Crippen LogP contribution in [0.5, 0.6) is 5.75 Å². The minimum Gasteiger partial charge on any atom is -0.493 e. The zero-order valence-electron chi connectivity index (χ0n) is 7.94. The molecule has 0 spiro atoms. The lowest BCUT2D eigenvalue weighted by atomic mass is 10.6. The molecule has 0 atom stereocenters. The molecule has 1 aromatic heterocycles. The smallest absolute Gasteiger partial charge is 0.255 e. The minimum absolute atomic E-state index is 0.219. The Hall–Kier alpha value is -0.110. The van der Waals surface area contributed by atoms with Crippen molar-refractivity contribution in [2.24, 2.45) is 0 Å². The zero-order chi connectivity index (χ0) is 10.9. The van der Waals surface area contributed by atoms with Crippen molar-refractivity contribution in [3.05, 3.63) is 9.85 Å². The van der Waals surface area contributed by atoms with Crippen molar-refractivity contribution < 1.29 is 13.2 Å². The van der Waals surface area contributed by atoms with Gasteiger partial charge in [0, 0.05) is 19.5 Å². The van der Waals surface area contributed by atoms with Crippen LogP contribution in [0.15, 0.2) is 14.1 Å². The number of nitrogens with zero attached hydrogens (tertiary/aromatic N) is 1. The number of ether oxygens (including phenoxy) is 1. The standard InChI is InChI=1S/C7H10BrNO3S2/c1-9(2)14(10,11)7-6(12-3)5(8)4-13-7/h4H,1-3H3. The second kappa shape index (κ2) is 4.18. The number of halogens is 1. The number of hydrogen-bond acceptors (Lipinski definition) is 4. The number of thiophene rings is 1. The van der Waals surface area contributed by atoms with Crippen molar-refractivity contribution in [2.75, 3.05) is 21.2 Å². The molecule has 0 N–H and O–H groups in total. The van der Waals surface area contributed by atoms with E-state index >= 15 is 0 Å². The maximum Gasteiger partial charge on any atom is 0.255 e. The van der Waals surface area contributed by atoms with Crippen LogP contribution in [0.4, 0.5) is 0 Å². The molecule has 4 nitrogen and oxygen atoms in total. The van der Waals surface area contributed by atoms with Gasteiger partial charge in [-0.3, -0.25) is 0 Å². The van der Waals surface area contributed by atoms with Crippen LogP contribution in [0.2, 0.25) is 0 Å². The molecule has 0 unspecified atom stereocenters. The first-order valence-corrected chi connectivity index (χ1v) is 6.76. The quantitative estimate of drug-likeness (QED) is 0.854. The van der Waals surface area contributed by atoms with E-state index in [1.54, 1.807) is 5.38 Å². The molecule has 1 rings (SSSR count). The van der Waals surface area contributed by atoms with Crippen molar-refractivity contribution >= 4 is 37.3 Å². The summed E-state index contributed by atoms with van der Waals surface area (Å²) in [5.41, 5.74) is 0. The minimum atomic E-state index is -3.40. The molecular weight excluding hydrogens is 290 g/mol. The molecule has 1 aromatic rings. The molecule has 0 bridgehead atoms. The van der Waals surface area contributed by atoms with E-state index in [2.05, 4.69) is 15.9 Å². The second-order valence-electron chi connectivity index (χ2n) is 2.69. The van der Waals surface area contributed by atoms with Gasteiger partial charge in [-0.15, -0.1) is 11.3 Å². The topological polar surface area (TPSA) is 46.6 Å². The first-order valence-electron chi connectivity index (χ1n) is 3.64. The van der Waals surface area contributed by atoms with Crippen LogP contribution in [0.25, 0.3) is 0 Å². The largest absolute Gasteiger partial charge is 0.493 e. The highest BCUT2D eigenvalue weighted by atomic mass is 79.9. The van der Waals surface area contributed by atoms with Crippen LogP contribution < -0.4 is 4.74 Å². The second-order valence-corrected chi connectivity index (χ2v) is 6.77. The lowest BCUT2D eigenvalue weighted by Crippen LogP contribution is -2.21. The maximum atomic E-state index is 11.8. The van der Waals surface area contributed by atoms with E-state index in [0.29, 0.717) is 10.2 Å². The van der Waals surface area contributed by atoms with Gasteiger partial charge in [-0.05, 0) is 15.9 Å². The van der Waals surface area contributed by atoms with E-state index in [9.17, 15) is 8.42 Å². The van der Waals surface area contributed by atoms with Crippen molar-refractivity contribution in [3.63, 3.8) is 0 Å². The molecule has 0 radical (unpaired) electrons. The van der Waals surface area contributed by atoms with E-state index in [4.69, 9.17) is 4.74 Å². The number of methoxy groups -OCH3 is 1. The van der Waals surface area contributed by atoms with Gasteiger partial charge in [0.1, 0.15) is 0 Å². The molecule has 14 heavy (non-hydrogen) atoms. The van der Waals surface area contributed by atoms with Crippen LogP contribution in [0, 0.1) is 0 Å². The number of hydrogen-bond donors (Lipinski definition) is 0. The summed E-state index contributed by atoms with van der Waals surface area (Å²) in [6.07, 6.45) is 0. The summed E-state index contributed by atoms with van der Waals surface area (Å²) < 4.78 is 30.6. The summed E-state index contributed by atoms with van der Waals surface area (Å²) in [6.45, 7) is 0. The Balaban J connectivity index is 3.33. The van der Waals surface area contributed by atoms with Crippen molar-refractivity contribution in [1.82, 2.24) is 4.31 Å². The zero-order valence-corrected chi connectivity index (χ0v) is 11.2. The van der Waals surface area contributed by atoms with Crippen LogP contribution >= 0.6 is 27.3 Å². The molecule has 0 saturated carbocycles. The SMILES string of the molecule is COc1c(Br)csc1S(=O)(=O)N(C)C. The Labute approximate surface area is 95.7 Å². The van der Waals surface area contributed by atoms with Crippen LogP contribution in [-0.2, 0) is 10.0 Å². The van der Waals surface area contributed by atoms with Gasteiger partial charge >= 0.3 is 0 Å². The van der Waals surface area contributed by atoms with Gasteiger partial charge < -0.3 is 4.74 Å². The van der Waals surface area contributed by atoms with Gasteiger partial charge in [-0.25, -0.2) is 12.7 Å². The molecule has 7 heteroatoms. The maximum absolute atomic E-state index is 11.8. The predicted molar refractivity (Wildman–Crippen MR) is 59.4 cm³/mol. The summed E-state index contributed by atoms with van der Waals surface area (Å²) in [7, 11) is 1.02. The molecule has 1 heterocycles. The molecule has 0 aromatic carbocycles. The van der Waals surface area contributed by atoms with Gasteiger partial charge in [0.15, 0.2) is 9.96 Å². The Bertz CT molecular complexity index is 424. The average molecular weight is 300 g/mol. The summed E-state index contributed by atoms with van der Waals surface area (Å²) in [4.78, 5) is 0. The monoisotopic (exact) mass is 299 g/mol. The van der Waals surface area contributed by atoms with Gasteiger partial charge in [0.05, 0.1) is 11.6 Å². The number of rotatable bonds is 3. The third-order valence-electron chi connectivity index (χ3n) is 1.59. The fraction of sp³-hybridized carbons (Fsp3) is 0.429. The molecule has 0 amide bonds. The van der Waals surface area contributed by atoms with Gasteiger partial charge in [0.2, 0.25) is 0 Å². The Morgan fingerprint density at radius 2 is 2.07 bits per heavy atom. The Morgan fingerprint density at radius 1 is 1.50 bits per heavy atom. The van der Waals surface area contributed by atoms with Crippen molar-refractivity contribution in [2.45, 2.75) is 4.21 Å². The third-order valence-corrected chi connectivity index (χ3v) is 5.77. The lowest BCUT2D eigenvalue weighted by Gasteiger charge is -2.10. The van der Waals surface area contributed by atoms with E-state index in [0.717, 1.165) is 15.6 Å². The van der Waals surface area contributed by atoms with Gasteiger partial charge in [-0.2, -0.15) is 0 Å². The van der Waals surface area contributed by atoms with Crippen LogP contribution in [0.1, 0.15) is 0 Å². The van der Waals surface area contributed by atoms with Gasteiger partial charge in [-0.1, -0.05) is 0 Å². The highest BCUT2D eigenvalue weighted by Gasteiger charge is 2.25. The molecule has 0 saturated heterocycles. The average Bonchev–Trinajstić information content (AvgIpc) is 2.46. The molecular formula is C7H10BrNO3S2. The molecule has 0 aliphatic rings. The van der Waals surface area contributed by atoms with Crippen LogP contribution in [-0.4, -0.2) is 33.9 Å². The highest BCUT2D eigenvalue weighted by molar-refractivity contribution is 9.10. The predicted octanol–water partition coefficient (Wildman–Crippen LogP) is 1.77. The fourth-order valence-corrected chi connectivity index (χ4v) is 4.19. The Kier molecular flexibility index (Phi) is 3.57. The first-order chi connectivity index (χ1) is 6.41. The molecule has 80 valence electrons. The van der Waals surface area contributed by atoms with E-state index < -0.39 is 10.0 Å². The normalized spacial score (nSPS) is 12.1. The Morgan fingerprint density at radius 3 is 2.50 bits per heavy atom.